The Hall–Kier alpha value is -0.610. The number of hydrogen-bond acceptors (Lipinski definition) is 4. The summed E-state index contributed by atoms with van der Waals surface area (Å²) >= 11 is 1.83. The summed E-state index contributed by atoms with van der Waals surface area (Å²) in [6.45, 7) is 7.81. The Balaban J connectivity index is 1.95. The fourth-order valence-corrected chi connectivity index (χ4v) is 3.16. The van der Waals surface area contributed by atoms with Crippen LogP contribution in [0.2, 0.25) is 0 Å². The van der Waals surface area contributed by atoms with Crippen LogP contribution >= 0.6 is 11.3 Å². The molecule has 18 heavy (non-hydrogen) atoms. The van der Waals surface area contributed by atoms with Crippen molar-refractivity contribution in [3.05, 3.63) is 11.1 Å². The van der Waals surface area contributed by atoms with E-state index in [-0.39, 0.29) is 0 Å². The van der Waals surface area contributed by atoms with E-state index in [0.717, 1.165) is 17.6 Å². The zero-order valence-corrected chi connectivity index (χ0v) is 12.8. The third-order valence-electron chi connectivity index (χ3n) is 3.86. The third-order valence-corrected chi connectivity index (χ3v) is 5.13. The van der Waals surface area contributed by atoms with Crippen molar-refractivity contribution in [3.8, 4) is 0 Å². The molecule has 1 aliphatic rings. The first kappa shape index (κ1) is 13.8. The highest BCUT2D eigenvalue weighted by molar-refractivity contribution is 7.15. The van der Waals surface area contributed by atoms with E-state index in [0.29, 0.717) is 12.1 Å². The maximum absolute atomic E-state index is 4.58. The monoisotopic (exact) mass is 267 g/mol. The molecule has 0 radical (unpaired) electrons. The van der Waals surface area contributed by atoms with E-state index in [1.807, 2.05) is 17.5 Å². The molecule has 0 bridgehead atoms. The number of hydrogen-bond donors (Lipinski definition) is 1. The van der Waals surface area contributed by atoms with Crippen LogP contribution < -0.4 is 10.2 Å². The van der Waals surface area contributed by atoms with Crippen molar-refractivity contribution in [2.75, 3.05) is 18.5 Å². The summed E-state index contributed by atoms with van der Waals surface area (Å²) < 4.78 is 0. The zero-order chi connectivity index (χ0) is 13.1. The smallest absolute Gasteiger partial charge is 0.185 e. The summed E-state index contributed by atoms with van der Waals surface area (Å²) in [7, 11) is 2.18. The highest BCUT2D eigenvalue weighted by Gasteiger charge is 2.31. The van der Waals surface area contributed by atoms with Gasteiger partial charge in [0.25, 0.3) is 0 Å². The van der Waals surface area contributed by atoms with Crippen molar-refractivity contribution in [1.29, 1.82) is 0 Å². The van der Waals surface area contributed by atoms with Crippen LogP contribution in [0, 0.1) is 5.92 Å². The lowest BCUT2D eigenvalue weighted by molar-refractivity contribution is 0.577. The highest BCUT2D eigenvalue weighted by atomic mass is 32.1. The van der Waals surface area contributed by atoms with Crippen LogP contribution in [-0.4, -0.2) is 24.6 Å². The molecule has 2 unspecified atom stereocenters. The molecule has 1 N–H and O–H groups in total. The van der Waals surface area contributed by atoms with E-state index in [1.54, 1.807) is 0 Å². The first-order valence-corrected chi connectivity index (χ1v) is 7.87. The predicted octanol–water partition coefficient (Wildman–Crippen LogP) is 3.44. The molecule has 102 valence electrons. The maximum atomic E-state index is 4.58. The van der Waals surface area contributed by atoms with Gasteiger partial charge in [-0.2, -0.15) is 0 Å². The maximum Gasteiger partial charge on any atom is 0.185 e. The number of rotatable bonds is 7. The van der Waals surface area contributed by atoms with E-state index in [2.05, 4.69) is 43.0 Å². The lowest BCUT2D eigenvalue weighted by Crippen LogP contribution is -2.30. The minimum Gasteiger partial charge on any atom is -0.348 e. The van der Waals surface area contributed by atoms with Gasteiger partial charge in [-0.15, -0.1) is 11.3 Å². The van der Waals surface area contributed by atoms with Gasteiger partial charge < -0.3 is 10.2 Å². The molecule has 1 aromatic heterocycles. The second kappa shape index (κ2) is 6.02. The second-order valence-corrected chi connectivity index (χ2v) is 6.45. The van der Waals surface area contributed by atoms with Gasteiger partial charge >= 0.3 is 0 Å². The van der Waals surface area contributed by atoms with Gasteiger partial charge in [0.05, 0.1) is 0 Å². The van der Waals surface area contributed by atoms with Crippen molar-refractivity contribution < 1.29 is 0 Å². The Labute approximate surface area is 115 Å². The van der Waals surface area contributed by atoms with Gasteiger partial charge in [0.2, 0.25) is 0 Å². The Kier molecular flexibility index (Phi) is 4.62. The molecule has 2 atom stereocenters. The number of anilines is 1. The minimum atomic E-state index is 0.417. The molecule has 0 saturated heterocycles. The number of nitrogens with one attached hydrogen (secondary N) is 1. The highest BCUT2D eigenvalue weighted by Crippen LogP contribution is 2.37. The first-order valence-electron chi connectivity index (χ1n) is 7.05. The standard InChI is InChI=1S/C14H25N3S/c1-5-8-15-10(2)13-9-16-14(18-13)17(4)11(3)12-6-7-12/h9-12,15H,5-8H2,1-4H3. The lowest BCUT2D eigenvalue weighted by Gasteiger charge is -2.24. The van der Waals surface area contributed by atoms with Gasteiger partial charge in [-0.25, -0.2) is 4.98 Å². The number of aromatic nitrogens is 1. The van der Waals surface area contributed by atoms with E-state index in [1.165, 1.54) is 24.1 Å². The Bertz CT molecular complexity index is 373. The van der Waals surface area contributed by atoms with Crippen LogP contribution in [-0.2, 0) is 0 Å². The van der Waals surface area contributed by atoms with Crippen molar-refractivity contribution >= 4 is 16.5 Å². The second-order valence-electron chi connectivity index (χ2n) is 5.41. The molecule has 0 aliphatic heterocycles. The number of nitrogens with zero attached hydrogens (tertiary/aromatic N) is 2. The fraction of sp³-hybridized carbons (Fsp3) is 0.786. The summed E-state index contributed by atoms with van der Waals surface area (Å²) in [4.78, 5) is 8.27. The van der Waals surface area contributed by atoms with E-state index < -0.39 is 0 Å². The summed E-state index contributed by atoms with van der Waals surface area (Å²) in [5.74, 6) is 0.887. The molecule has 4 heteroatoms. The Morgan fingerprint density at radius 2 is 2.22 bits per heavy atom. The fourth-order valence-electron chi connectivity index (χ4n) is 2.17. The SMILES string of the molecule is CCCNC(C)c1cnc(N(C)C(C)C2CC2)s1. The summed E-state index contributed by atoms with van der Waals surface area (Å²) in [5.41, 5.74) is 0. The summed E-state index contributed by atoms with van der Waals surface area (Å²) in [6.07, 6.45) is 5.98. The van der Waals surface area contributed by atoms with Gasteiger partial charge in [0.1, 0.15) is 0 Å². The van der Waals surface area contributed by atoms with Crippen molar-refractivity contribution in [3.63, 3.8) is 0 Å². The largest absolute Gasteiger partial charge is 0.348 e. The summed E-state index contributed by atoms with van der Waals surface area (Å²) in [5, 5.41) is 4.68. The van der Waals surface area contributed by atoms with Crippen LogP contribution in [0.15, 0.2) is 6.20 Å². The molecule has 1 aromatic rings. The van der Waals surface area contributed by atoms with Crippen LogP contribution in [0.1, 0.15) is 51.0 Å². The average molecular weight is 267 g/mol. The van der Waals surface area contributed by atoms with Gasteiger partial charge in [0, 0.05) is 30.2 Å². The van der Waals surface area contributed by atoms with Crippen LogP contribution in [0.25, 0.3) is 0 Å². The van der Waals surface area contributed by atoms with Gasteiger partial charge in [0.15, 0.2) is 5.13 Å². The normalized spacial score (nSPS) is 18.7. The predicted molar refractivity (Wildman–Crippen MR) is 79.4 cm³/mol. The molecular formula is C14H25N3S. The molecule has 1 heterocycles. The van der Waals surface area contributed by atoms with E-state index in [4.69, 9.17) is 0 Å². The van der Waals surface area contributed by atoms with Crippen LogP contribution in [0.3, 0.4) is 0 Å². The quantitative estimate of drug-likeness (QED) is 0.820. The molecule has 1 aliphatic carbocycles. The molecule has 0 aromatic carbocycles. The first-order chi connectivity index (χ1) is 8.63. The molecule has 0 amide bonds. The zero-order valence-electron chi connectivity index (χ0n) is 11.9. The van der Waals surface area contributed by atoms with Gasteiger partial charge in [-0.1, -0.05) is 6.92 Å². The van der Waals surface area contributed by atoms with Crippen molar-refractivity contribution in [2.24, 2.45) is 5.92 Å². The third kappa shape index (κ3) is 3.23. The van der Waals surface area contributed by atoms with E-state index in [9.17, 15) is 0 Å². The number of thiazole rings is 1. The van der Waals surface area contributed by atoms with Crippen LogP contribution in [0.4, 0.5) is 5.13 Å². The molecule has 1 saturated carbocycles. The minimum absolute atomic E-state index is 0.417. The summed E-state index contributed by atoms with van der Waals surface area (Å²) in [6, 6.07) is 1.05. The molecular weight excluding hydrogens is 242 g/mol. The van der Waals surface area contributed by atoms with E-state index >= 15 is 0 Å². The van der Waals surface area contributed by atoms with Crippen LogP contribution in [0.5, 0.6) is 0 Å². The van der Waals surface area contributed by atoms with Crippen molar-refractivity contribution in [2.45, 2.75) is 52.1 Å². The Morgan fingerprint density at radius 1 is 1.50 bits per heavy atom. The average Bonchev–Trinajstić information content (AvgIpc) is 3.11. The van der Waals surface area contributed by atoms with Gasteiger partial charge in [-0.3, -0.25) is 0 Å². The molecule has 2 rings (SSSR count). The van der Waals surface area contributed by atoms with Gasteiger partial charge in [-0.05, 0) is 45.6 Å². The topological polar surface area (TPSA) is 28.2 Å². The Morgan fingerprint density at radius 3 is 2.83 bits per heavy atom. The van der Waals surface area contributed by atoms with Crippen molar-refractivity contribution in [1.82, 2.24) is 10.3 Å². The molecule has 0 spiro atoms. The lowest BCUT2D eigenvalue weighted by atomic mass is 10.2. The molecule has 3 nitrogen and oxygen atoms in total. The molecule has 1 fully saturated rings.